The molecule has 0 aromatic heterocycles. The molecule has 0 bridgehead atoms. The molecule has 1 heterocycles. The molecule has 1 amide bonds. The lowest BCUT2D eigenvalue weighted by Gasteiger charge is -2.21. The molecule has 1 aliphatic rings. The molecular formula is C15H27NO3. The van der Waals surface area contributed by atoms with E-state index in [1.54, 1.807) is 0 Å². The minimum Gasteiger partial charge on any atom is -0.481 e. The first kappa shape index (κ1) is 16.0. The van der Waals surface area contributed by atoms with Crippen LogP contribution < -0.4 is 0 Å². The summed E-state index contributed by atoms with van der Waals surface area (Å²) in [6.07, 6.45) is 6.08. The van der Waals surface area contributed by atoms with E-state index in [2.05, 4.69) is 0 Å². The number of hydrogen-bond donors (Lipinski definition) is 1. The fourth-order valence-corrected chi connectivity index (χ4v) is 2.69. The molecule has 1 aliphatic heterocycles. The summed E-state index contributed by atoms with van der Waals surface area (Å²) >= 11 is 0. The number of carbonyl (C=O) groups excluding carboxylic acids is 1. The molecule has 4 heteroatoms. The number of amides is 1. The number of aliphatic carboxylic acids is 1. The number of carboxylic acid groups (broad SMARTS) is 1. The Bertz CT molecular complexity index is 294. The molecule has 110 valence electrons. The molecule has 0 radical (unpaired) electrons. The summed E-state index contributed by atoms with van der Waals surface area (Å²) in [5.74, 6) is -0.653. The first-order valence-electron chi connectivity index (χ1n) is 7.51. The van der Waals surface area contributed by atoms with Crippen molar-refractivity contribution in [3.8, 4) is 0 Å². The van der Waals surface area contributed by atoms with E-state index in [0.29, 0.717) is 25.2 Å². The normalized spacial score (nSPS) is 18.2. The van der Waals surface area contributed by atoms with Crippen molar-refractivity contribution in [1.82, 2.24) is 4.90 Å². The zero-order valence-electron chi connectivity index (χ0n) is 12.2. The summed E-state index contributed by atoms with van der Waals surface area (Å²) < 4.78 is 0. The van der Waals surface area contributed by atoms with Crippen molar-refractivity contribution in [2.75, 3.05) is 13.1 Å². The summed E-state index contributed by atoms with van der Waals surface area (Å²) in [6, 6.07) is 0. The lowest BCUT2D eigenvalue weighted by Crippen LogP contribution is -2.32. The van der Waals surface area contributed by atoms with Gasteiger partial charge in [0, 0.05) is 19.5 Å². The van der Waals surface area contributed by atoms with Crippen molar-refractivity contribution in [3.05, 3.63) is 0 Å². The number of carbonyl (C=O) groups is 2. The maximum absolute atomic E-state index is 12.1. The van der Waals surface area contributed by atoms with E-state index in [4.69, 9.17) is 5.11 Å². The van der Waals surface area contributed by atoms with Crippen LogP contribution in [0.25, 0.3) is 0 Å². The maximum atomic E-state index is 12.1. The Kier molecular flexibility index (Phi) is 6.89. The molecule has 0 saturated carbocycles. The maximum Gasteiger partial charge on any atom is 0.306 e. The molecule has 0 spiro atoms. The van der Waals surface area contributed by atoms with Crippen LogP contribution in [0.5, 0.6) is 0 Å². The monoisotopic (exact) mass is 269 g/mol. The second kappa shape index (κ2) is 8.18. The third-order valence-electron chi connectivity index (χ3n) is 3.77. The van der Waals surface area contributed by atoms with Crippen LogP contribution in [-0.4, -0.2) is 35.0 Å². The molecule has 1 saturated heterocycles. The Balaban J connectivity index is 2.39. The molecule has 19 heavy (non-hydrogen) atoms. The van der Waals surface area contributed by atoms with E-state index in [9.17, 15) is 9.59 Å². The highest BCUT2D eigenvalue weighted by atomic mass is 16.4. The fourth-order valence-electron chi connectivity index (χ4n) is 2.69. The zero-order chi connectivity index (χ0) is 14.3. The molecule has 1 unspecified atom stereocenters. The van der Waals surface area contributed by atoms with Crippen molar-refractivity contribution in [1.29, 1.82) is 0 Å². The number of nitrogens with zero attached hydrogens (tertiary/aromatic N) is 1. The van der Waals surface area contributed by atoms with Gasteiger partial charge in [0.25, 0.3) is 0 Å². The van der Waals surface area contributed by atoms with Crippen molar-refractivity contribution < 1.29 is 14.7 Å². The van der Waals surface area contributed by atoms with Crippen LogP contribution in [0.15, 0.2) is 0 Å². The summed E-state index contributed by atoms with van der Waals surface area (Å²) in [5, 5.41) is 9.17. The predicted molar refractivity (Wildman–Crippen MR) is 74.9 cm³/mol. The van der Waals surface area contributed by atoms with Gasteiger partial charge in [-0.15, -0.1) is 0 Å². The lowest BCUT2D eigenvalue weighted by atomic mass is 9.93. The van der Waals surface area contributed by atoms with E-state index in [-0.39, 0.29) is 11.8 Å². The highest BCUT2D eigenvalue weighted by molar-refractivity contribution is 5.77. The van der Waals surface area contributed by atoms with Gasteiger partial charge in [-0.25, -0.2) is 0 Å². The predicted octanol–water partition coefficient (Wildman–Crippen LogP) is 2.92. The minimum atomic E-state index is -0.766. The van der Waals surface area contributed by atoms with E-state index < -0.39 is 5.97 Å². The van der Waals surface area contributed by atoms with Crippen molar-refractivity contribution in [2.45, 2.75) is 58.8 Å². The number of rotatable bonds is 6. The van der Waals surface area contributed by atoms with Gasteiger partial charge in [-0.2, -0.15) is 0 Å². The van der Waals surface area contributed by atoms with Crippen LogP contribution in [0.2, 0.25) is 0 Å². The van der Waals surface area contributed by atoms with Crippen LogP contribution in [0.4, 0.5) is 0 Å². The van der Waals surface area contributed by atoms with Crippen LogP contribution in [-0.2, 0) is 9.59 Å². The standard InChI is InChI=1S/C15H27NO3/c1-12(2)11-13(15(18)19)7-8-14(17)16-9-5-3-4-6-10-16/h12-13H,3-11H2,1-2H3,(H,18,19). The van der Waals surface area contributed by atoms with Gasteiger partial charge in [-0.05, 0) is 31.6 Å². The zero-order valence-corrected chi connectivity index (χ0v) is 12.2. The number of likely N-dealkylation sites (tertiary alicyclic amines) is 1. The Morgan fingerprint density at radius 3 is 2.16 bits per heavy atom. The SMILES string of the molecule is CC(C)CC(CCC(=O)N1CCCCCC1)C(=O)O. The van der Waals surface area contributed by atoms with E-state index in [1.807, 2.05) is 18.7 Å². The van der Waals surface area contributed by atoms with Crippen molar-refractivity contribution in [2.24, 2.45) is 11.8 Å². The topological polar surface area (TPSA) is 57.6 Å². The Labute approximate surface area is 116 Å². The van der Waals surface area contributed by atoms with E-state index >= 15 is 0 Å². The highest BCUT2D eigenvalue weighted by Gasteiger charge is 2.22. The van der Waals surface area contributed by atoms with Gasteiger partial charge < -0.3 is 10.0 Å². The van der Waals surface area contributed by atoms with E-state index in [0.717, 1.165) is 25.9 Å². The van der Waals surface area contributed by atoms with Gasteiger partial charge in [0.2, 0.25) is 5.91 Å². The quantitative estimate of drug-likeness (QED) is 0.806. The molecular weight excluding hydrogens is 242 g/mol. The molecule has 1 N–H and O–H groups in total. The first-order chi connectivity index (χ1) is 9.00. The Morgan fingerprint density at radius 1 is 1.11 bits per heavy atom. The fraction of sp³-hybridized carbons (Fsp3) is 0.867. The summed E-state index contributed by atoms with van der Waals surface area (Å²) in [4.78, 5) is 25.2. The molecule has 0 aliphatic carbocycles. The first-order valence-corrected chi connectivity index (χ1v) is 7.51. The van der Waals surface area contributed by atoms with Gasteiger partial charge in [-0.3, -0.25) is 9.59 Å². The third-order valence-corrected chi connectivity index (χ3v) is 3.77. The Hall–Kier alpha value is -1.06. The smallest absolute Gasteiger partial charge is 0.306 e. The summed E-state index contributed by atoms with van der Waals surface area (Å²) in [6.45, 7) is 5.74. The van der Waals surface area contributed by atoms with E-state index in [1.165, 1.54) is 12.8 Å². The van der Waals surface area contributed by atoms with Crippen molar-refractivity contribution >= 4 is 11.9 Å². The van der Waals surface area contributed by atoms with Crippen LogP contribution >= 0.6 is 0 Å². The molecule has 1 fully saturated rings. The van der Waals surface area contributed by atoms with Crippen LogP contribution in [0.3, 0.4) is 0 Å². The van der Waals surface area contributed by atoms with Gasteiger partial charge >= 0.3 is 5.97 Å². The third kappa shape index (κ3) is 6.08. The lowest BCUT2D eigenvalue weighted by molar-refractivity contribution is -0.143. The molecule has 1 atom stereocenters. The average Bonchev–Trinajstić information content (AvgIpc) is 2.62. The summed E-state index contributed by atoms with van der Waals surface area (Å²) in [7, 11) is 0. The van der Waals surface area contributed by atoms with Gasteiger partial charge in [0.1, 0.15) is 0 Å². The van der Waals surface area contributed by atoms with Crippen LogP contribution in [0.1, 0.15) is 58.8 Å². The van der Waals surface area contributed by atoms with Crippen LogP contribution in [0, 0.1) is 11.8 Å². The minimum absolute atomic E-state index is 0.136. The van der Waals surface area contributed by atoms with Gasteiger partial charge in [0.05, 0.1) is 5.92 Å². The molecule has 0 aromatic rings. The molecule has 1 rings (SSSR count). The molecule has 4 nitrogen and oxygen atoms in total. The largest absolute Gasteiger partial charge is 0.481 e. The van der Waals surface area contributed by atoms with Gasteiger partial charge in [-0.1, -0.05) is 26.7 Å². The number of carboxylic acids is 1. The van der Waals surface area contributed by atoms with Gasteiger partial charge in [0.15, 0.2) is 0 Å². The summed E-state index contributed by atoms with van der Waals surface area (Å²) in [5.41, 5.74) is 0. The van der Waals surface area contributed by atoms with Crippen molar-refractivity contribution in [3.63, 3.8) is 0 Å². The highest BCUT2D eigenvalue weighted by Crippen LogP contribution is 2.19. The Morgan fingerprint density at radius 2 is 1.68 bits per heavy atom. The molecule has 0 aromatic carbocycles. The second-order valence-corrected chi connectivity index (χ2v) is 6.00. The second-order valence-electron chi connectivity index (χ2n) is 6.00. The average molecular weight is 269 g/mol. The number of hydrogen-bond acceptors (Lipinski definition) is 2.